The Balaban J connectivity index is 1.59. The molecule has 0 spiro atoms. The summed E-state index contributed by atoms with van der Waals surface area (Å²) in [5, 5.41) is 2.91. The fourth-order valence-corrected chi connectivity index (χ4v) is 6.68. The first-order valence-electron chi connectivity index (χ1n) is 12.4. The Kier molecular flexibility index (Phi) is 7.62. The Morgan fingerprint density at radius 2 is 1.71 bits per heavy atom. The highest BCUT2D eigenvalue weighted by Crippen LogP contribution is 2.28. The summed E-state index contributed by atoms with van der Waals surface area (Å²) >= 11 is 0. The number of sulfonamides is 1. The van der Waals surface area contributed by atoms with Crippen LogP contribution in [0.15, 0.2) is 47.4 Å². The lowest BCUT2D eigenvalue weighted by molar-refractivity contribution is -0.140. The van der Waals surface area contributed by atoms with E-state index < -0.39 is 16.1 Å². The van der Waals surface area contributed by atoms with E-state index in [0.29, 0.717) is 43.7 Å². The Bertz CT molecular complexity index is 1200. The molecular weight excluding hydrogens is 462 g/mol. The average molecular weight is 498 g/mol. The van der Waals surface area contributed by atoms with Gasteiger partial charge in [0.25, 0.3) is 0 Å². The molecule has 2 amide bonds. The van der Waals surface area contributed by atoms with Crippen molar-refractivity contribution >= 4 is 27.5 Å². The minimum Gasteiger partial charge on any atom is -0.326 e. The van der Waals surface area contributed by atoms with Gasteiger partial charge in [-0.15, -0.1) is 0 Å². The van der Waals surface area contributed by atoms with Crippen LogP contribution in [-0.2, 0) is 32.6 Å². The first-order chi connectivity index (χ1) is 16.7. The highest BCUT2D eigenvalue weighted by molar-refractivity contribution is 7.89. The topological polar surface area (TPSA) is 86.8 Å². The second-order valence-electron chi connectivity index (χ2n) is 10.0. The molecule has 0 aliphatic carbocycles. The Morgan fingerprint density at radius 3 is 2.40 bits per heavy atom. The van der Waals surface area contributed by atoms with Gasteiger partial charge in [0.1, 0.15) is 6.04 Å². The van der Waals surface area contributed by atoms with Crippen molar-refractivity contribution in [2.45, 2.75) is 70.4 Å². The van der Waals surface area contributed by atoms with Crippen LogP contribution in [0.25, 0.3) is 0 Å². The number of fused-ring (bicyclic) bond motifs is 1. The summed E-state index contributed by atoms with van der Waals surface area (Å²) in [5.74, 6) is -0.170. The molecule has 2 aromatic carbocycles. The van der Waals surface area contributed by atoms with Crippen LogP contribution in [0.5, 0.6) is 0 Å². The Morgan fingerprint density at radius 1 is 1.03 bits per heavy atom. The van der Waals surface area contributed by atoms with Gasteiger partial charge in [-0.05, 0) is 54.5 Å². The van der Waals surface area contributed by atoms with Gasteiger partial charge in [0.2, 0.25) is 21.8 Å². The highest BCUT2D eigenvalue weighted by atomic mass is 32.2. The minimum atomic E-state index is -3.64. The number of anilines is 1. The lowest BCUT2D eigenvalue weighted by atomic mass is 9.92. The first kappa shape index (κ1) is 25.4. The number of carbonyl (C=O) groups is 2. The second kappa shape index (κ2) is 10.5. The molecule has 188 valence electrons. The number of carbonyl (C=O) groups excluding carboxylic acids is 2. The fraction of sp³-hybridized carbons (Fsp3) is 0.481. The van der Waals surface area contributed by atoms with Gasteiger partial charge in [-0.3, -0.25) is 9.59 Å². The van der Waals surface area contributed by atoms with E-state index in [-0.39, 0.29) is 22.6 Å². The Labute approximate surface area is 208 Å². The SMILES string of the molecule is Cc1ccc(NC(=O)C2Cc3ccccc3CN2C(=O)CC(C)C)cc1S(=O)(=O)N1CCCCC1. The summed E-state index contributed by atoms with van der Waals surface area (Å²) in [6.07, 6.45) is 3.55. The van der Waals surface area contributed by atoms with Crippen molar-refractivity contribution in [1.82, 2.24) is 9.21 Å². The molecular formula is C27H35N3O4S. The van der Waals surface area contributed by atoms with E-state index >= 15 is 0 Å². The fourth-order valence-electron chi connectivity index (χ4n) is 4.91. The molecule has 1 saturated heterocycles. The van der Waals surface area contributed by atoms with Crippen LogP contribution in [0.2, 0.25) is 0 Å². The minimum absolute atomic E-state index is 0.0491. The monoisotopic (exact) mass is 497 g/mol. The molecule has 2 heterocycles. The lowest BCUT2D eigenvalue weighted by Gasteiger charge is -2.36. The lowest BCUT2D eigenvalue weighted by Crippen LogP contribution is -2.50. The Hall–Kier alpha value is -2.71. The molecule has 1 atom stereocenters. The van der Waals surface area contributed by atoms with Gasteiger partial charge in [0, 0.05) is 38.2 Å². The molecule has 2 aromatic rings. The van der Waals surface area contributed by atoms with Gasteiger partial charge in [-0.2, -0.15) is 4.31 Å². The zero-order valence-electron chi connectivity index (χ0n) is 20.8. The van der Waals surface area contributed by atoms with Crippen LogP contribution in [0.4, 0.5) is 5.69 Å². The molecule has 0 aromatic heterocycles. The highest BCUT2D eigenvalue weighted by Gasteiger charge is 2.35. The van der Waals surface area contributed by atoms with Gasteiger partial charge in [-0.1, -0.05) is 50.6 Å². The molecule has 1 N–H and O–H groups in total. The maximum atomic E-state index is 13.5. The van der Waals surface area contributed by atoms with Crippen molar-refractivity contribution in [3.63, 3.8) is 0 Å². The number of aryl methyl sites for hydroxylation is 1. The average Bonchev–Trinajstić information content (AvgIpc) is 2.84. The van der Waals surface area contributed by atoms with Crippen LogP contribution in [0.1, 0.15) is 56.2 Å². The molecule has 7 nitrogen and oxygen atoms in total. The van der Waals surface area contributed by atoms with E-state index in [0.717, 1.165) is 30.4 Å². The van der Waals surface area contributed by atoms with Crippen LogP contribution in [-0.4, -0.2) is 48.6 Å². The first-order valence-corrected chi connectivity index (χ1v) is 13.9. The van der Waals surface area contributed by atoms with Crippen LogP contribution >= 0.6 is 0 Å². The van der Waals surface area contributed by atoms with Crippen molar-refractivity contribution in [2.24, 2.45) is 5.92 Å². The van der Waals surface area contributed by atoms with E-state index in [9.17, 15) is 18.0 Å². The summed E-state index contributed by atoms with van der Waals surface area (Å²) in [7, 11) is -3.64. The number of rotatable bonds is 6. The molecule has 2 aliphatic heterocycles. The predicted octanol–water partition coefficient (Wildman–Crippen LogP) is 4.11. The van der Waals surface area contributed by atoms with E-state index in [4.69, 9.17) is 0 Å². The van der Waals surface area contributed by atoms with Crippen LogP contribution in [0.3, 0.4) is 0 Å². The van der Waals surface area contributed by atoms with E-state index in [1.54, 1.807) is 30.0 Å². The van der Waals surface area contributed by atoms with Crippen molar-refractivity contribution < 1.29 is 18.0 Å². The standard InChI is InChI=1S/C27H35N3O4S/c1-19(2)15-26(31)30-18-22-10-6-5-9-21(22)16-24(30)27(32)28-23-12-11-20(3)25(17-23)35(33,34)29-13-7-4-8-14-29/h5-6,9-12,17,19,24H,4,7-8,13-16,18H2,1-3H3,(H,28,32). The third-order valence-electron chi connectivity index (χ3n) is 6.84. The van der Waals surface area contributed by atoms with Crippen molar-refractivity contribution in [3.8, 4) is 0 Å². The molecule has 0 radical (unpaired) electrons. The number of nitrogens with zero attached hydrogens (tertiary/aromatic N) is 2. The summed E-state index contributed by atoms with van der Waals surface area (Å²) in [6, 6.07) is 12.2. The number of amides is 2. The van der Waals surface area contributed by atoms with Crippen molar-refractivity contribution in [1.29, 1.82) is 0 Å². The third kappa shape index (κ3) is 5.59. The summed E-state index contributed by atoms with van der Waals surface area (Å²) in [4.78, 5) is 28.4. The van der Waals surface area contributed by atoms with E-state index in [2.05, 4.69) is 5.32 Å². The molecule has 35 heavy (non-hydrogen) atoms. The molecule has 1 unspecified atom stereocenters. The van der Waals surface area contributed by atoms with Crippen molar-refractivity contribution in [3.05, 3.63) is 59.2 Å². The number of hydrogen-bond donors (Lipinski definition) is 1. The smallest absolute Gasteiger partial charge is 0.247 e. The number of benzene rings is 2. The molecule has 2 aliphatic rings. The normalized spacial score (nSPS) is 18.9. The van der Waals surface area contributed by atoms with E-state index in [1.807, 2.05) is 38.1 Å². The van der Waals surface area contributed by atoms with Gasteiger partial charge < -0.3 is 10.2 Å². The van der Waals surface area contributed by atoms with Crippen LogP contribution in [0, 0.1) is 12.8 Å². The summed E-state index contributed by atoms with van der Waals surface area (Å²) < 4.78 is 28.1. The molecule has 0 saturated carbocycles. The van der Waals surface area contributed by atoms with Crippen molar-refractivity contribution in [2.75, 3.05) is 18.4 Å². The van der Waals surface area contributed by atoms with Gasteiger partial charge >= 0.3 is 0 Å². The summed E-state index contributed by atoms with van der Waals surface area (Å²) in [5.41, 5.74) is 3.18. The number of piperidine rings is 1. The largest absolute Gasteiger partial charge is 0.326 e. The number of nitrogens with one attached hydrogen (secondary N) is 1. The second-order valence-corrected chi connectivity index (χ2v) is 11.9. The molecule has 8 heteroatoms. The van der Waals surface area contributed by atoms with Gasteiger partial charge in [0.15, 0.2) is 0 Å². The molecule has 1 fully saturated rings. The van der Waals surface area contributed by atoms with Gasteiger partial charge in [-0.25, -0.2) is 8.42 Å². The predicted molar refractivity (Wildman–Crippen MR) is 136 cm³/mol. The molecule has 0 bridgehead atoms. The summed E-state index contributed by atoms with van der Waals surface area (Å²) in [6.45, 7) is 7.18. The maximum absolute atomic E-state index is 13.5. The van der Waals surface area contributed by atoms with Crippen LogP contribution < -0.4 is 5.32 Å². The maximum Gasteiger partial charge on any atom is 0.247 e. The zero-order chi connectivity index (χ0) is 25.2. The zero-order valence-corrected chi connectivity index (χ0v) is 21.6. The van der Waals surface area contributed by atoms with Gasteiger partial charge in [0.05, 0.1) is 4.90 Å². The van der Waals surface area contributed by atoms with E-state index in [1.165, 1.54) is 4.31 Å². The number of hydrogen-bond acceptors (Lipinski definition) is 4. The third-order valence-corrected chi connectivity index (χ3v) is 8.88. The quantitative estimate of drug-likeness (QED) is 0.651. The molecule has 4 rings (SSSR count).